The smallest absolute Gasteiger partial charge is 0.115 e. The molecule has 0 fully saturated rings. The zero-order chi connectivity index (χ0) is 32.9. The minimum atomic E-state index is 0.215. The molecule has 6 aromatic carbocycles. The molecule has 0 spiro atoms. The fraction of sp³-hybridized carbons (Fsp3) is 0.143. The van der Waals surface area contributed by atoms with Crippen molar-refractivity contribution in [3.05, 3.63) is 130 Å². The predicted octanol–water partition coefficient (Wildman–Crippen LogP) is 10.7. The molecule has 0 aliphatic heterocycles. The van der Waals surface area contributed by atoms with Crippen LogP contribution >= 0.6 is 0 Å². The number of hydrogen-bond acceptors (Lipinski definition) is 4. The SMILES string of the molecule is Cc1c(-c2ccc(O)cc2)c(C)c(-c2c(C)c(-c3ccc(O)cc3)c(C)c(-c3ccc(O)cc3)c2C)c(C)c1-c1ccc(O)cc1. The van der Waals surface area contributed by atoms with Crippen LogP contribution in [0.2, 0.25) is 0 Å². The molecule has 4 heteroatoms. The largest absolute Gasteiger partial charge is 0.508 e. The van der Waals surface area contributed by atoms with Crippen LogP contribution in [0.5, 0.6) is 23.0 Å². The summed E-state index contributed by atoms with van der Waals surface area (Å²) in [4.78, 5) is 0. The normalized spacial score (nSPS) is 11.2. The lowest BCUT2D eigenvalue weighted by Gasteiger charge is -2.28. The minimum absolute atomic E-state index is 0.215. The summed E-state index contributed by atoms with van der Waals surface area (Å²) in [5.74, 6) is 0.861. The second-order valence-electron chi connectivity index (χ2n) is 12.2. The van der Waals surface area contributed by atoms with Crippen LogP contribution in [-0.4, -0.2) is 20.4 Å². The average molecular weight is 607 g/mol. The lowest BCUT2D eigenvalue weighted by atomic mass is 9.75. The molecule has 4 nitrogen and oxygen atoms in total. The Balaban J connectivity index is 1.79. The van der Waals surface area contributed by atoms with Crippen molar-refractivity contribution in [2.24, 2.45) is 0 Å². The third-order valence-corrected chi connectivity index (χ3v) is 9.37. The van der Waals surface area contributed by atoms with Crippen LogP contribution in [0.3, 0.4) is 0 Å². The summed E-state index contributed by atoms with van der Waals surface area (Å²) in [6, 6.07) is 29.5. The lowest BCUT2D eigenvalue weighted by Crippen LogP contribution is -2.06. The Morgan fingerprint density at radius 2 is 0.391 bits per heavy atom. The van der Waals surface area contributed by atoms with E-state index in [1.54, 1.807) is 48.5 Å². The molecule has 0 bridgehead atoms. The monoisotopic (exact) mass is 606 g/mol. The van der Waals surface area contributed by atoms with Crippen molar-refractivity contribution in [3.63, 3.8) is 0 Å². The van der Waals surface area contributed by atoms with Gasteiger partial charge in [0.05, 0.1) is 0 Å². The van der Waals surface area contributed by atoms with Gasteiger partial charge in [0.15, 0.2) is 0 Å². The van der Waals surface area contributed by atoms with Gasteiger partial charge in [0, 0.05) is 0 Å². The van der Waals surface area contributed by atoms with Crippen LogP contribution in [0.1, 0.15) is 33.4 Å². The topological polar surface area (TPSA) is 80.9 Å². The Bertz CT molecular complexity index is 1790. The van der Waals surface area contributed by atoms with E-state index in [1.807, 2.05) is 48.5 Å². The minimum Gasteiger partial charge on any atom is -0.508 e. The Morgan fingerprint density at radius 1 is 0.239 bits per heavy atom. The summed E-state index contributed by atoms with van der Waals surface area (Å²) in [6.45, 7) is 13.0. The highest BCUT2D eigenvalue weighted by molar-refractivity contribution is 5.98. The summed E-state index contributed by atoms with van der Waals surface area (Å²) in [5, 5.41) is 40.5. The van der Waals surface area contributed by atoms with E-state index in [9.17, 15) is 20.4 Å². The Morgan fingerprint density at radius 3 is 0.565 bits per heavy atom. The number of aromatic hydroxyl groups is 4. The van der Waals surface area contributed by atoms with Gasteiger partial charge in [0.1, 0.15) is 23.0 Å². The molecule has 6 rings (SSSR count). The van der Waals surface area contributed by atoms with Gasteiger partial charge in [-0.2, -0.15) is 0 Å². The molecule has 6 aromatic rings. The highest BCUT2D eigenvalue weighted by Gasteiger charge is 2.26. The fourth-order valence-electron chi connectivity index (χ4n) is 7.43. The summed E-state index contributed by atoms with van der Waals surface area (Å²) in [5.41, 5.74) is 17.5. The Labute approximate surface area is 270 Å². The third kappa shape index (κ3) is 5.16. The number of phenolic OH excluding ortho intramolecular Hbond substituents is 4. The molecule has 0 heterocycles. The summed E-state index contributed by atoms with van der Waals surface area (Å²) < 4.78 is 0. The van der Waals surface area contributed by atoms with Crippen LogP contribution in [0, 0.1) is 41.5 Å². The molecule has 0 aromatic heterocycles. The average Bonchev–Trinajstić information content (AvgIpc) is 3.02. The van der Waals surface area contributed by atoms with E-state index in [1.165, 1.54) is 0 Å². The second kappa shape index (κ2) is 11.8. The van der Waals surface area contributed by atoms with Crippen molar-refractivity contribution in [2.45, 2.75) is 41.5 Å². The summed E-state index contributed by atoms with van der Waals surface area (Å²) in [6.07, 6.45) is 0. The molecule has 0 radical (unpaired) electrons. The molecule has 0 aliphatic rings. The molecule has 0 saturated heterocycles. The molecular formula is C42H38O4. The van der Waals surface area contributed by atoms with Crippen molar-refractivity contribution in [2.75, 3.05) is 0 Å². The number of hydrogen-bond donors (Lipinski definition) is 4. The van der Waals surface area contributed by atoms with Crippen molar-refractivity contribution < 1.29 is 20.4 Å². The van der Waals surface area contributed by atoms with Gasteiger partial charge in [-0.3, -0.25) is 0 Å². The third-order valence-electron chi connectivity index (χ3n) is 9.37. The zero-order valence-electron chi connectivity index (χ0n) is 27.0. The van der Waals surface area contributed by atoms with Gasteiger partial charge in [-0.1, -0.05) is 48.5 Å². The van der Waals surface area contributed by atoms with Gasteiger partial charge in [-0.15, -0.1) is 0 Å². The van der Waals surface area contributed by atoms with Gasteiger partial charge in [0.25, 0.3) is 0 Å². The van der Waals surface area contributed by atoms with Crippen LogP contribution in [0.15, 0.2) is 97.1 Å². The van der Waals surface area contributed by atoms with Crippen molar-refractivity contribution in [3.8, 4) is 78.6 Å². The highest BCUT2D eigenvalue weighted by atomic mass is 16.3. The van der Waals surface area contributed by atoms with Gasteiger partial charge < -0.3 is 20.4 Å². The van der Waals surface area contributed by atoms with Gasteiger partial charge in [-0.25, -0.2) is 0 Å². The number of phenols is 4. The zero-order valence-corrected chi connectivity index (χ0v) is 27.0. The highest BCUT2D eigenvalue weighted by Crippen LogP contribution is 2.50. The number of rotatable bonds is 5. The van der Waals surface area contributed by atoms with Crippen molar-refractivity contribution >= 4 is 0 Å². The van der Waals surface area contributed by atoms with Crippen molar-refractivity contribution in [1.29, 1.82) is 0 Å². The maximum Gasteiger partial charge on any atom is 0.115 e. The molecule has 0 saturated carbocycles. The van der Waals surface area contributed by atoms with E-state index in [0.717, 1.165) is 89.0 Å². The van der Waals surface area contributed by atoms with Crippen molar-refractivity contribution in [1.82, 2.24) is 0 Å². The Hall–Kier alpha value is -5.48. The maximum atomic E-state index is 10.1. The lowest BCUT2D eigenvalue weighted by molar-refractivity contribution is 0.475. The quantitative estimate of drug-likeness (QED) is 0.157. The first-order chi connectivity index (χ1) is 22.0. The first kappa shape index (κ1) is 30.5. The van der Waals surface area contributed by atoms with E-state index < -0.39 is 0 Å². The molecule has 230 valence electrons. The van der Waals surface area contributed by atoms with E-state index in [-0.39, 0.29) is 23.0 Å². The second-order valence-corrected chi connectivity index (χ2v) is 12.2. The molecule has 0 aliphatic carbocycles. The molecule has 0 unspecified atom stereocenters. The molecule has 0 amide bonds. The summed E-state index contributed by atoms with van der Waals surface area (Å²) in [7, 11) is 0. The fourth-order valence-corrected chi connectivity index (χ4v) is 7.43. The standard InChI is InChI=1S/C42H38O4/c1-23-37(29-7-15-33(43)16-8-29)25(3)41(26(4)38(23)30-9-17-34(44)18-10-30)42-27(5)39(31-11-19-35(45)20-12-31)24(2)40(28(42)6)32-13-21-36(46)22-14-32/h7-22,43-46H,1-6H3. The van der Waals surface area contributed by atoms with Gasteiger partial charge in [0.2, 0.25) is 0 Å². The van der Waals surface area contributed by atoms with E-state index >= 15 is 0 Å². The van der Waals surface area contributed by atoms with E-state index in [2.05, 4.69) is 41.5 Å². The maximum absolute atomic E-state index is 10.1. The van der Waals surface area contributed by atoms with Gasteiger partial charge in [-0.05, 0) is 179 Å². The first-order valence-corrected chi connectivity index (χ1v) is 15.4. The predicted molar refractivity (Wildman–Crippen MR) is 189 cm³/mol. The molecule has 4 N–H and O–H groups in total. The Kier molecular flexibility index (Phi) is 7.83. The van der Waals surface area contributed by atoms with E-state index in [4.69, 9.17) is 0 Å². The number of benzene rings is 6. The molecule has 46 heavy (non-hydrogen) atoms. The van der Waals surface area contributed by atoms with Crippen LogP contribution in [0.4, 0.5) is 0 Å². The van der Waals surface area contributed by atoms with Gasteiger partial charge >= 0.3 is 0 Å². The summed E-state index contributed by atoms with van der Waals surface area (Å²) >= 11 is 0. The first-order valence-electron chi connectivity index (χ1n) is 15.4. The van der Waals surface area contributed by atoms with Crippen LogP contribution < -0.4 is 0 Å². The van der Waals surface area contributed by atoms with Crippen LogP contribution in [-0.2, 0) is 0 Å². The van der Waals surface area contributed by atoms with Crippen LogP contribution in [0.25, 0.3) is 55.6 Å². The molecule has 0 atom stereocenters. The van der Waals surface area contributed by atoms with E-state index in [0.29, 0.717) is 0 Å². The molecular weight excluding hydrogens is 568 g/mol.